The Balaban J connectivity index is 4.87. The normalized spacial score (nSPS) is 12.0. The summed E-state index contributed by atoms with van der Waals surface area (Å²) in [5.74, 6) is 0. The molecule has 0 saturated heterocycles. The fraction of sp³-hybridized carbons (Fsp3) is 1.00. The Morgan fingerprint density at radius 1 is 0.286 bits per heavy atom. The quantitative estimate of drug-likeness (QED) is 0.0461. The Bertz CT molecular complexity index is 511. The SMILES string of the molecule is CCCC[Te]CCOCCOCC(COCCOCC[Te]CCCC)(COCCOCC[Te]CCCC)COCCOCC[Te]CCCC. The minimum absolute atomic E-state index is 0.106. The van der Waals surface area contributed by atoms with Gasteiger partial charge in [0, 0.05) is 0 Å². The molecule has 0 rings (SSSR count). The average molecular weight is 1160 g/mol. The molecule has 0 fully saturated rings. The Morgan fingerprint density at radius 3 is 0.735 bits per heavy atom. The van der Waals surface area contributed by atoms with E-state index in [4.69, 9.17) is 37.9 Å². The molecular formula is C37H76O8Te4. The van der Waals surface area contributed by atoms with Gasteiger partial charge in [0.1, 0.15) is 0 Å². The van der Waals surface area contributed by atoms with Gasteiger partial charge in [0.25, 0.3) is 0 Å². The van der Waals surface area contributed by atoms with Gasteiger partial charge in [-0.2, -0.15) is 0 Å². The van der Waals surface area contributed by atoms with E-state index >= 15 is 0 Å². The van der Waals surface area contributed by atoms with Crippen LogP contribution in [0.3, 0.4) is 0 Å². The van der Waals surface area contributed by atoms with Gasteiger partial charge < -0.3 is 0 Å². The topological polar surface area (TPSA) is 73.8 Å². The summed E-state index contributed by atoms with van der Waals surface area (Å²) in [5, 5.41) is 0. The van der Waals surface area contributed by atoms with Crippen LogP contribution in [0.2, 0.25) is 35.8 Å². The zero-order chi connectivity index (χ0) is 35.6. The van der Waals surface area contributed by atoms with Gasteiger partial charge in [-0.05, 0) is 0 Å². The second-order valence-corrected chi connectivity index (χ2v) is 26.0. The Hall–Kier alpha value is 2.84. The Labute approximate surface area is 344 Å². The van der Waals surface area contributed by atoms with Crippen molar-refractivity contribution in [2.45, 2.75) is 115 Å². The van der Waals surface area contributed by atoms with Crippen LogP contribution in [0, 0.1) is 5.41 Å². The van der Waals surface area contributed by atoms with Crippen LogP contribution in [-0.2, 0) is 37.9 Å². The monoisotopic (exact) mass is 1170 g/mol. The zero-order valence-corrected chi connectivity index (χ0v) is 41.3. The van der Waals surface area contributed by atoms with E-state index in [-0.39, 0.29) is 83.7 Å². The van der Waals surface area contributed by atoms with Crippen LogP contribution >= 0.6 is 0 Å². The third kappa shape index (κ3) is 40.3. The van der Waals surface area contributed by atoms with Gasteiger partial charge in [0.05, 0.1) is 0 Å². The van der Waals surface area contributed by atoms with Crippen molar-refractivity contribution in [3.63, 3.8) is 0 Å². The summed E-state index contributed by atoms with van der Waals surface area (Å²) in [5.41, 5.74) is -0.418. The van der Waals surface area contributed by atoms with Crippen LogP contribution in [-0.4, -0.2) is 189 Å². The van der Waals surface area contributed by atoms with Gasteiger partial charge in [-0.1, -0.05) is 0 Å². The first-order chi connectivity index (χ1) is 24.2. The van der Waals surface area contributed by atoms with E-state index in [1.807, 2.05) is 0 Å². The van der Waals surface area contributed by atoms with Crippen LogP contribution in [0.5, 0.6) is 0 Å². The van der Waals surface area contributed by atoms with Crippen LogP contribution < -0.4 is 0 Å². The summed E-state index contributed by atoms with van der Waals surface area (Å²) in [4.78, 5) is 0. The van der Waals surface area contributed by atoms with Crippen LogP contribution in [0.4, 0.5) is 0 Å². The molecule has 0 aromatic heterocycles. The van der Waals surface area contributed by atoms with Crippen molar-refractivity contribution in [3.05, 3.63) is 0 Å². The Morgan fingerprint density at radius 2 is 0.510 bits per heavy atom. The van der Waals surface area contributed by atoms with Crippen LogP contribution in [0.25, 0.3) is 0 Å². The van der Waals surface area contributed by atoms with E-state index in [0.717, 1.165) is 26.4 Å². The van der Waals surface area contributed by atoms with E-state index < -0.39 is 5.41 Å². The molecule has 49 heavy (non-hydrogen) atoms. The summed E-state index contributed by atoms with van der Waals surface area (Å²) in [6.07, 6.45) is 10.7. The molecule has 0 N–H and O–H groups in total. The first-order valence-corrected chi connectivity index (χ1v) is 32.4. The molecule has 0 aromatic rings. The maximum atomic E-state index is 6.24. The van der Waals surface area contributed by atoms with Crippen molar-refractivity contribution in [1.29, 1.82) is 0 Å². The third-order valence-corrected chi connectivity index (χ3v) is 19.0. The molecule has 296 valence electrons. The van der Waals surface area contributed by atoms with E-state index in [1.54, 1.807) is 0 Å². The van der Waals surface area contributed by atoms with Crippen LogP contribution in [0.1, 0.15) is 79.1 Å². The number of hydrogen-bond acceptors (Lipinski definition) is 8. The molecule has 0 amide bonds. The zero-order valence-electron chi connectivity index (χ0n) is 32.0. The molecule has 0 atom stereocenters. The van der Waals surface area contributed by atoms with E-state index in [9.17, 15) is 0 Å². The molecule has 0 aliphatic heterocycles. The number of unbranched alkanes of at least 4 members (excludes halogenated alkanes) is 4. The van der Waals surface area contributed by atoms with Gasteiger partial charge in [-0.3, -0.25) is 0 Å². The van der Waals surface area contributed by atoms with Crippen molar-refractivity contribution in [2.75, 3.05) is 106 Å². The average Bonchev–Trinajstić information content (AvgIpc) is 3.11. The molecule has 0 unspecified atom stereocenters. The van der Waals surface area contributed by atoms with Gasteiger partial charge >= 0.3 is 348 Å². The van der Waals surface area contributed by atoms with Crippen molar-refractivity contribution in [1.82, 2.24) is 0 Å². The fourth-order valence-corrected chi connectivity index (χ4v) is 14.8. The van der Waals surface area contributed by atoms with Gasteiger partial charge in [-0.25, -0.2) is 0 Å². The Kier molecular flexibility index (Phi) is 47.8. The summed E-state index contributed by atoms with van der Waals surface area (Å²) in [6.45, 7) is 19.3. The predicted octanol–water partition coefficient (Wildman–Crippen LogP) is 7.47. The summed E-state index contributed by atoms with van der Waals surface area (Å²) in [7, 11) is 0. The molecule has 0 bridgehead atoms. The van der Waals surface area contributed by atoms with E-state index in [0.29, 0.717) is 79.3 Å². The van der Waals surface area contributed by atoms with Gasteiger partial charge in [-0.15, -0.1) is 0 Å². The van der Waals surface area contributed by atoms with Crippen LogP contribution in [0.15, 0.2) is 0 Å². The molecule has 0 heterocycles. The molecule has 0 spiro atoms. The second-order valence-electron chi connectivity index (χ2n) is 12.0. The molecule has 8 nitrogen and oxygen atoms in total. The second kappa shape index (κ2) is 45.2. The number of rotatable bonds is 44. The molecule has 0 saturated carbocycles. The molecule has 0 aliphatic rings. The third-order valence-electron chi connectivity index (χ3n) is 7.18. The summed E-state index contributed by atoms with van der Waals surface area (Å²) >= 11 is 0.423. The van der Waals surface area contributed by atoms with Crippen molar-refractivity contribution >= 4 is 83.7 Å². The summed E-state index contributed by atoms with van der Waals surface area (Å²) < 4.78 is 59.2. The first-order valence-electron chi connectivity index (χ1n) is 19.2. The number of ether oxygens (including phenoxy) is 8. The van der Waals surface area contributed by atoms with Crippen molar-refractivity contribution < 1.29 is 37.9 Å². The standard InChI is InChI=1S/C37H76O8Te4/c1-5-9-25-46-29-21-38-13-17-42-33-37(34-43-18-14-39-22-30-47-26-10-6-2,35-44-19-15-40-23-31-48-27-11-7-3)36-45-20-16-41-24-32-49-28-12-8-4/h5-36H2,1-4H3. The molecule has 0 aliphatic carbocycles. The van der Waals surface area contributed by atoms with Gasteiger partial charge in [0.15, 0.2) is 0 Å². The minimum atomic E-state index is -0.418. The van der Waals surface area contributed by atoms with Crippen molar-refractivity contribution in [3.8, 4) is 0 Å². The fourth-order valence-electron chi connectivity index (χ4n) is 4.15. The first kappa shape index (κ1) is 51.8. The van der Waals surface area contributed by atoms with E-state index in [2.05, 4.69) is 27.7 Å². The predicted molar refractivity (Wildman–Crippen MR) is 210 cm³/mol. The summed E-state index contributed by atoms with van der Waals surface area (Å²) in [6, 6.07) is 0. The van der Waals surface area contributed by atoms with E-state index in [1.165, 1.54) is 87.1 Å². The molecule has 0 aromatic carbocycles. The van der Waals surface area contributed by atoms with Crippen molar-refractivity contribution in [2.24, 2.45) is 5.41 Å². The molecule has 12 heteroatoms. The maximum absolute atomic E-state index is 6.24. The molecule has 0 radical (unpaired) electrons. The number of hydrogen-bond donors (Lipinski definition) is 0. The van der Waals surface area contributed by atoms with Gasteiger partial charge in [0.2, 0.25) is 0 Å². The molecular weight excluding hydrogens is 1080 g/mol.